The molecule has 0 spiro atoms. The molecule has 1 aromatic heterocycles. The number of hydrogen-bond acceptors (Lipinski definition) is 3. The van der Waals surface area contributed by atoms with Crippen LogP contribution in [0.3, 0.4) is 0 Å². The van der Waals surface area contributed by atoms with Gasteiger partial charge >= 0.3 is 0 Å². The molecule has 2 heterocycles. The zero-order valence-electron chi connectivity index (χ0n) is 9.40. The average molecular weight is 209 g/mol. The predicted octanol–water partition coefficient (Wildman–Crippen LogP) is 1.08. The Bertz CT molecular complexity index is 359. The maximum atomic E-state index is 9.15. The van der Waals surface area contributed by atoms with Crippen LogP contribution in [0.1, 0.15) is 49.1 Å². The molecule has 0 fully saturated rings. The van der Waals surface area contributed by atoms with E-state index in [0.29, 0.717) is 6.04 Å². The normalized spacial score (nSPS) is 22.5. The van der Waals surface area contributed by atoms with Crippen LogP contribution in [0, 0.1) is 6.92 Å². The lowest BCUT2D eigenvalue weighted by atomic mass is 10.0. The first-order valence-corrected chi connectivity index (χ1v) is 5.59. The molecule has 4 nitrogen and oxygen atoms in total. The van der Waals surface area contributed by atoms with Crippen molar-refractivity contribution in [2.24, 2.45) is 5.73 Å². The molecule has 1 aliphatic rings. The van der Waals surface area contributed by atoms with Gasteiger partial charge in [-0.1, -0.05) is 0 Å². The van der Waals surface area contributed by atoms with E-state index in [1.54, 1.807) is 0 Å². The minimum absolute atomic E-state index is 0.0152. The Hall–Kier alpha value is -0.870. The number of nitrogens with zero attached hydrogens (tertiary/aromatic N) is 2. The monoisotopic (exact) mass is 209 g/mol. The van der Waals surface area contributed by atoms with Crippen molar-refractivity contribution in [3.05, 3.63) is 17.2 Å². The Morgan fingerprint density at radius 3 is 3.07 bits per heavy atom. The summed E-state index contributed by atoms with van der Waals surface area (Å²) in [4.78, 5) is 4.54. The lowest BCUT2D eigenvalue weighted by molar-refractivity contribution is 0.258. The van der Waals surface area contributed by atoms with Gasteiger partial charge in [0.1, 0.15) is 5.82 Å². The van der Waals surface area contributed by atoms with Crippen LogP contribution in [0.5, 0.6) is 0 Å². The van der Waals surface area contributed by atoms with Gasteiger partial charge in [0.25, 0.3) is 0 Å². The van der Waals surface area contributed by atoms with Crippen molar-refractivity contribution in [1.29, 1.82) is 0 Å². The Morgan fingerprint density at radius 2 is 2.40 bits per heavy atom. The highest BCUT2D eigenvalue weighted by Crippen LogP contribution is 2.29. The molecule has 15 heavy (non-hydrogen) atoms. The van der Waals surface area contributed by atoms with Crippen LogP contribution in [0.25, 0.3) is 0 Å². The number of aromatic nitrogens is 2. The first kappa shape index (κ1) is 10.6. The number of rotatable bonds is 2. The maximum Gasteiger partial charge on any atom is 0.109 e. The molecule has 1 aliphatic heterocycles. The standard InChI is InChI=1S/C11H19N3O/c1-7-4-3-5-10-13-8(2)11(14(7)10)9(12)6-15/h7,9,15H,3-6,12H2,1-2H3. The summed E-state index contributed by atoms with van der Waals surface area (Å²) >= 11 is 0. The Morgan fingerprint density at radius 1 is 1.67 bits per heavy atom. The summed E-state index contributed by atoms with van der Waals surface area (Å²) < 4.78 is 2.22. The van der Waals surface area contributed by atoms with Crippen LogP contribution in [0.15, 0.2) is 0 Å². The van der Waals surface area contributed by atoms with Crippen molar-refractivity contribution < 1.29 is 5.11 Å². The van der Waals surface area contributed by atoms with E-state index in [0.717, 1.165) is 23.6 Å². The second-order valence-electron chi connectivity index (χ2n) is 4.40. The quantitative estimate of drug-likeness (QED) is 0.766. The van der Waals surface area contributed by atoms with Gasteiger partial charge in [-0.2, -0.15) is 0 Å². The minimum Gasteiger partial charge on any atom is -0.394 e. The molecule has 0 saturated heterocycles. The van der Waals surface area contributed by atoms with Crippen LogP contribution < -0.4 is 5.73 Å². The van der Waals surface area contributed by atoms with Crippen molar-refractivity contribution in [3.63, 3.8) is 0 Å². The van der Waals surface area contributed by atoms with Gasteiger partial charge in [-0.15, -0.1) is 0 Å². The predicted molar refractivity (Wildman–Crippen MR) is 58.6 cm³/mol. The number of aliphatic hydroxyl groups is 1. The van der Waals surface area contributed by atoms with Crippen molar-refractivity contribution in [2.45, 2.75) is 45.2 Å². The van der Waals surface area contributed by atoms with E-state index in [2.05, 4.69) is 16.5 Å². The maximum absolute atomic E-state index is 9.15. The van der Waals surface area contributed by atoms with Gasteiger partial charge in [0.05, 0.1) is 24.0 Å². The van der Waals surface area contributed by atoms with Gasteiger partial charge in [-0.25, -0.2) is 4.98 Å². The first-order chi connectivity index (χ1) is 7.15. The molecule has 2 rings (SSSR count). The molecule has 0 aromatic carbocycles. The Balaban J connectivity index is 2.49. The first-order valence-electron chi connectivity index (χ1n) is 5.59. The second kappa shape index (κ2) is 3.94. The van der Waals surface area contributed by atoms with E-state index in [-0.39, 0.29) is 12.6 Å². The highest BCUT2D eigenvalue weighted by atomic mass is 16.3. The fraction of sp³-hybridized carbons (Fsp3) is 0.727. The van der Waals surface area contributed by atoms with E-state index >= 15 is 0 Å². The van der Waals surface area contributed by atoms with E-state index in [1.807, 2.05) is 6.92 Å². The third-order valence-electron chi connectivity index (χ3n) is 3.22. The number of nitrogens with two attached hydrogens (primary N) is 1. The van der Waals surface area contributed by atoms with Crippen LogP contribution in [0.2, 0.25) is 0 Å². The topological polar surface area (TPSA) is 64.1 Å². The fourth-order valence-electron chi connectivity index (χ4n) is 2.50. The highest BCUT2D eigenvalue weighted by Gasteiger charge is 2.25. The molecule has 2 unspecified atom stereocenters. The summed E-state index contributed by atoms with van der Waals surface area (Å²) in [5, 5.41) is 9.15. The van der Waals surface area contributed by atoms with E-state index in [1.165, 1.54) is 12.8 Å². The summed E-state index contributed by atoms with van der Waals surface area (Å²) in [7, 11) is 0. The van der Waals surface area contributed by atoms with E-state index < -0.39 is 0 Å². The molecular formula is C11H19N3O. The fourth-order valence-corrected chi connectivity index (χ4v) is 2.50. The van der Waals surface area contributed by atoms with Crippen LogP contribution >= 0.6 is 0 Å². The van der Waals surface area contributed by atoms with Gasteiger partial charge in [0.2, 0.25) is 0 Å². The van der Waals surface area contributed by atoms with Crippen LogP contribution in [0.4, 0.5) is 0 Å². The highest BCUT2D eigenvalue weighted by molar-refractivity contribution is 5.22. The van der Waals surface area contributed by atoms with Crippen molar-refractivity contribution in [1.82, 2.24) is 9.55 Å². The Labute approximate surface area is 90.1 Å². The number of fused-ring (bicyclic) bond motifs is 1. The summed E-state index contributed by atoms with van der Waals surface area (Å²) in [6, 6.07) is 0.161. The van der Waals surface area contributed by atoms with Crippen molar-refractivity contribution >= 4 is 0 Å². The number of aliphatic hydroxyl groups excluding tert-OH is 1. The molecular weight excluding hydrogens is 190 g/mol. The molecule has 0 amide bonds. The largest absolute Gasteiger partial charge is 0.394 e. The van der Waals surface area contributed by atoms with Gasteiger partial charge < -0.3 is 15.4 Å². The molecule has 2 atom stereocenters. The SMILES string of the molecule is Cc1nc2n(c1C(N)CO)C(C)CCC2. The molecule has 4 heteroatoms. The molecule has 1 aromatic rings. The molecule has 0 aliphatic carbocycles. The second-order valence-corrected chi connectivity index (χ2v) is 4.40. The molecule has 84 valence electrons. The third-order valence-corrected chi connectivity index (χ3v) is 3.22. The van der Waals surface area contributed by atoms with Crippen molar-refractivity contribution in [3.8, 4) is 0 Å². The van der Waals surface area contributed by atoms with E-state index in [9.17, 15) is 0 Å². The number of aryl methyl sites for hydroxylation is 2. The van der Waals surface area contributed by atoms with E-state index in [4.69, 9.17) is 10.8 Å². The molecule has 0 radical (unpaired) electrons. The summed E-state index contributed by atoms with van der Waals surface area (Å²) in [6.07, 6.45) is 3.41. The van der Waals surface area contributed by atoms with Crippen molar-refractivity contribution in [2.75, 3.05) is 6.61 Å². The van der Waals surface area contributed by atoms with Gasteiger partial charge in [-0.3, -0.25) is 0 Å². The molecule has 0 bridgehead atoms. The lowest BCUT2D eigenvalue weighted by Crippen LogP contribution is -2.24. The van der Waals surface area contributed by atoms with Gasteiger partial charge in [0, 0.05) is 12.5 Å². The molecule has 0 saturated carbocycles. The zero-order valence-corrected chi connectivity index (χ0v) is 9.40. The van der Waals surface area contributed by atoms with Crippen LogP contribution in [-0.2, 0) is 6.42 Å². The zero-order chi connectivity index (χ0) is 11.0. The van der Waals surface area contributed by atoms with Crippen LogP contribution in [-0.4, -0.2) is 21.3 Å². The smallest absolute Gasteiger partial charge is 0.109 e. The van der Waals surface area contributed by atoms with Gasteiger partial charge in [-0.05, 0) is 26.7 Å². The summed E-state index contributed by atoms with van der Waals surface area (Å²) in [5.41, 5.74) is 7.90. The molecule has 3 N–H and O–H groups in total. The number of hydrogen-bond donors (Lipinski definition) is 2. The average Bonchev–Trinajstić information content (AvgIpc) is 2.55. The number of imidazole rings is 1. The Kier molecular flexibility index (Phi) is 2.80. The van der Waals surface area contributed by atoms with Gasteiger partial charge in [0.15, 0.2) is 0 Å². The third kappa shape index (κ3) is 1.68. The lowest BCUT2D eigenvalue weighted by Gasteiger charge is -2.25. The summed E-state index contributed by atoms with van der Waals surface area (Å²) in [6.45, 7) is 4.15. The summed E-state index contributed by atoms with van der Waals surface area (Å²) in [5.74, 6) is 1.13. The minimum atomic E-state index is -0.299.